The monoisotopic (exact) mass is 256 g/mol. The zero-order valence-electron chi connectivity index (χ0n) is 11.0. The molecule has 0 spiro atoms. The first-order chi connectivity index (χ1) is 8.83. The zero-order chi connectivity index (χ0) is 13.1. The molecule has 0 aliphatic rings. The van der Waals surface area contributed by atoms with Gasteiger partial charge in [0, 0.05) is 19.0 Å². The number of hydrogen-bond acceptors (Lipinski definition) is 4. The van der Waals surface area contributed by atoms with E-state index in [1.807, 2.05) is 24.5 Å². The molecule has 104 valence electrons. The van der Waals surface area contributed by atoms with Crippen molar-refractivity contribution in [2.75, 3.05) is 38.4 Å². The maximum absolute atomic E-state index is 9.65. The zero-order valence-corrected chi connectivity index (χ0v) is 11.0. The number of unbranched alkanes of at least 4 members (excludes halogenated alkanes) is 1. The Labute approximate surface area is 109 Å². The molecule has 0 radical (unpaired) electrons. The third-order valence-electron chi connectivity index (χ3n) is 2.44. The number of hydrogen-bond donors (Lipinski definition) is 2. The van der Waals surface area contributed by atoms with E-state index < -0.39 is 6.10 Å². The average molecular weight is 256 g/mol. The van der Waals surface area contributed by atoms with Gasteiger partial charge in [-0.15, -0.1) is 0 Å². The SMILES string of the molecule is CCCCOCCOCC(O)CNn1cccc1. The lowest BCUT2D eigenvalue weighted by Gasteiger charge is -2.13. The molecule has 1 rings (SSSR count). The summed E-state index contributed by atoms with van der Waals surface area (Å²) >= 11 is 0. The van der Waals surface area contributed by atoms with E-state index in [0.717, 1.165) is 19.4 Å². The normalized spacial score (nSPS) is 12.6. The van der Waals surface area contributed by atoms with Crippen LogP contribution in [0.2, 0.25) is 0 Å². The highest BCUT2D eigenvalue weighted by atomic mass is 16.5. The van der Waals surface area contributed by atoms with Crippen LogP contribution in [0.3, 0.4) is 0 Å². The van der Waals surface area contributed by atoms with Crippen molar-refractivity contribution in [2.24, 2.45) is 0 Å². The Morgan fingerprint density at radius 1 is 1.17 bits per heavy atom. The van der Waals surface area contributed by atoms with E-state index in [9.17, 15) is 5.11 Å². The van der Waals surface area contributed by atoms with Crippen LogP contribution in [0.5, 0.6) is 0 Å². The lowest BCUT2D eigenvalue weighted by molar-refractivity contribution is 0.00685. The fourth-order valence-corrected chi connectivity index (χ4v) is 1.40. The molecule has 0 aliphatic heterocycles. The summed E-state index contributed by atoms with van der Waals surface area (Å²) in [5.41, 5.74) is 3.05. The minimum Gasteiger partial charge on any atom is -0.389 e. The molecular formula is C13H24N2O3. The van der Waals surface area contributed by atoms with E-state index >= 15 is 0 Å². The standard InChI is InChI=1S/C13H24N2O3/c1-2-3-8-17-9-10-18-12-13(16)11-14-15-6-4-5-7-15/h4-7,13-14,16H,2-3,8-12H2,1H3. The average Bonchev–Trinajstić information content (AvgIpc) is 2.88. The predicted molar refractivity (Wildman–Crippen MR) is 71.2 cm³/mol. The van der Waals surface area contributed by atoms with Gasteiger partial charge in [0.25, 0.3) is 0 Å². The number of aliphatic hydroxyl groups excluding tert-OH is 1. The summed E-state index contributed by atoms with van der Waals surface area (Å²) < 4.78 is 12.5. The van der Waals surface area contributed by atoms with Crippen LogP contribution >= 0.6 is 0 Å². The summed E-state index contributed by atoms with van der Waals surface area (Å²) in [6.45, 7) is 4.84. The van der Waals surface area contributed by atoms with Crippen LogP contribution < -0.4 is 5.43 Å². The van der Waals surface area contributed by atoms with Crippen molar-refractivity contribution in [3.05, 3.63) is 24.5 Å². The quantitative estimate of drug-likeness (QED) is 0.585. The summed E-state index contributed by atoms with van der Waals surface area (Å²) in [5.74, 6) is 0. The van der Waals surface area contributed by atoms with Gasteiger partial charge >= 0.3 is 0 Å². The first-order valence-electron chi connectivity index (χ1n) is 6.53. The van der Waals surface area contributed by atoms with Crippen molar-refractivity contribution in [3.63, 3.8) is 0 Å². The third kappa shape index (κ3) is 7.32. The Morgan fingerprint density at radius 2 is 1.89 bits per heavy atom. The van der Waals surface area contributed by atoms with Crippen LogP contribution in [0.25, 0.3) is 0 Å². The summed E-state index contributed by atoms with van der Waals surface area (Å²) in [7, 11) is 0. The van der Waals surface area contributed by atoms with Crippen LogP contribution in [0.15, 0.2) is 24.5 Å². The lowest BCUT2D eigenvalue weighted by Crippen LogP contribution is -2.29. The Morgan fingerprint density at radius 3 is 2.61 bits per heavy atom. The molecule has 5 nitrogen and oxygen atoms in total. The van der Waals surface area contributed by atoms with Crippen LogP contribution in [0.4, 0.5) is 0 Å². The van der Waals surface area contributed by atoms with Crippen molar-refractivity contribution in [3.8, 4) is 0 Å². The molecule has 1 heterocycles. The van der Waals surface area contributed by atoms with Crippen LogP contribution in [-0.2, 0) is 9.47 Å². The Balaban J connectivity index is 1.89. The summed E-state index contributed by atoms with van der Waals surface area (Å²) in [6.07, 6.45) is 5.49. The smallest absolute Gasteiger partial charge is 0.0961 e. The second-order valence-electron chi connectivity index (χ2n) is 4.15. The fourth-order valence-electron chi connectivity index (χ4n) is 1.40. The van der Waals surface area contributed by atoms with E-state index in [1.165, 1.54) is 0 Å². The van der Waals surface area contributed by atoms with Crippen LogP contribution in [-0.4, -0.2) is 48.9 Å². The van der Waals surface area contributed by atoms with Gasteiger partial charge in [0.05, 0.1) is 32.5 Å². The highest BCUT2D eigenvalue weighted by Crippen LogP contribution is 1.90. The first-order valence-corrected chi connectivity index (χ1v) is 6.53. The van der Waals surface area contributed by atoms with E-state index in [4.69, 9.17) is 9.47 Å². The maximum Gasteiger partial charge on any atom is 0.0961 e. The largest absolute Gasteiger partial charge is 0.389 e. The Hall–Kier alpha value is -1.04. The molecule has 0 saturated carbocycles. The lowest BCUT2D eigenvalue weighted by atomic mass is 10.4. The second-order valence-corrected chi connectivity index (χ2v) is 4.15. The van der Waals surface area contributed by atoms with Crippen molar-refractivity contribution in [1.82, 2.24) is 4.68 Å². The molecule has 0 aliphatic carbocycles. The number of nitrogens with zero attached hydrogens (tertiary/aromatic N) is 1. The van der Waals surface area contributed by atoms with Gasteiger partial charge in [0.15, 0.2) is 0 Å². The van der Waals surface area contributed by atoms with Gasteiger partial charge in [-0.05, 0) is 18.6 Å². The maximum atomic E-state index is 9.65. The summed E-state index contributed by atoms with van der Waals surface area (Å²) in [4.78, 5) is 0. The molecule has 0 saturated heterocycles. The summed E-state index contributed by atoms with van der Waals surface area (Å²) in [5, 5.41) is 9.65. The molecule has 0 fully saturated rings. The van der Waals surface area contributed by atoms with Crippen molar-refractivity contribution < 1.29 is 14.6 Å². The highest BCUT2D eigenvalue weighted by Gasteiger charge is 2.03. The van der Waals surface area contributed by atoms with Gasteiger partial charge in [0.1, 0.15) is 0 Å². The first kappa shape index (κ1) is 15.0. The van der Waals surface area contributed by atoms with E-state index in [0.29, 0.717) is 26.4 Å². The Kier molecular flexibility index (Phi) is 8.29. The minimum absolute atomic E-state index is 0.325. The molecule has 2 N–H and O–H groups in total. The summed E-state index contributed by atoms with van der Waals surface area (Å²) in [6, 6.07) is 3.84. The molecule has 5 heteroatoms. The molecule has 0 aromatic carbocycles. The molecule has 0 amide bonds. The van der Waals surface area contributed by atoms with Gasteiger partial charge in [-0.3, -0.25) is 4.68 Å². The topological polar surface area (TPSA) is 55.6 Å². The van der Waals surface area contributed by atoms with Gasteiger partial charge in [-0.2, -0.15) is 0 Å². The van der Waals surface area contributed by atoms with Gasteiger partial charge in [-0.25, -0.2) is 0 Å². The Bertz CT molecular complexity index is 278. The molecule has 0 bridgehead atoms. The van der Waals surface area contributed by atoms with Gasteiger partial charge in [0.2, 0.25) is 0 Å². The number of rotatable bonds is 11. The molecule has 1 aromatic rings. The third-order valence-corrected chi connectivity index (χ3v) is 2.44. The van der Waals surface area contributed by atoms with E-state index in [1.54, 1.807) is 4.68 Å². The van der Waals surface area contributed by atoms with Crippen molar-refractivity contribution in [2.45, 2.75) is 25.9 Å². The highest BCUT2D eigenvalue weighted by molar-refractivity contribution is 4.93. The molecule has 18 heavy (non-hydrogen) atoms. The second kappa shape index (κ2) is 9.94. The predicted octanol–water partition coefficient (Wildman–Crippen LogP) is 1.23. The van der Waals surface area contributed by atoms with Gasteiger partial charge < -0.3 is 20.0 Å². The molecule has 1 atom stereocenters. The van der Waals surface area contributed by atoms with E-state index in [2.05, 4.69) is 12.3 Å². The number of nitrogens with one attached hydrogen (secondary N) is 1. The number of ether oxygens (including phenoxy) is 2. The molecule has 1 unspecified atom stereocenters. The number of aromatic nitrogens is 1. The molecular weight excluding hydrogens is 232 g/mol. The number of aliphatic hydroxyl groups is 1. The van der Waals surface area contributed by atoms with Crippen molar-refractivity contribution >= 4 is 0 Å². The van der Waals surface area contributed by atoms with Crippen LogP contribution in [0, 0.1) is 0 Å². The van der Waals surface area contributed by atoms with Crippen molar-refractivity contribution in [1.29, 1.82) is 0 Å². The fraction of sp³-hybridized carbons (Fsp3) is 0.692. The van der Waals surface area contributed by atoms with Gasteiger partial charge in [-0.1, -0.05) is 13.3 Å². The molecule has 1 aromatic heterocycles. The minimum atomic E-state index is -0.511. The van der Waals surface area contributed by atoms with E-state index in [-0.39, 0.29) is 0 Å². The van der Waals surface area contributed by atoms with Crippen LogP contribution in [0.1, 0.15) is 19.8 Å².